The van der Waals surface area contributed by atoms with Crippen LogP contribution < -0.4 is 5.32 Å². The van der Waals surface area contributed by atoms with Crippen LogP contribution in [-0.2, 0) is 28.0 Å². The summed E-state index contributed by atoms with van der Waals surface area (Å²) in [6.07, 6.45) is 2.06. The molecule has 1 heterocycles. The Morgan fingerprint density at radius 3 is 2.15 bits per heavy atom. The lowest BCUT2D eigenvalue weighted by molar-refractivity contribution is -0.137. The Bertz CT molecular complexity index is 1110. The van der Waals surface area contributed by atoms with Gasteiger partial charge < -0.3 is 10.2 Å². The molecular formula is C28H28ClFN2O2. The van der Waals surface area contributed by atoms with E-state index >= 15 is 0 Å². The van der Waals surface area contributed by atoms with Crippen LogP contribution in [0.25, 0.3) is 0 Å². The second-order valence-electron chi connectivity index (χ2n) is 8.76. The smallest absolute Gasteiger partial charge is 0.231 e. The summed E-state index contributed by atoms with van der Waals surface area (Å²) in [4.78, 5) is 28.2. The zero-order chi connectivity index (χ0) is 24.0. The predicted octanol–water partition coefficient (Wildman–Crippen LogP) is 5.29. The van der Waals surface area contributed by atoms with Gasteiger partial charge in [-0.05, 0) is 60.2 Å². The molecular weight excluding hydrogens is 451 g/mol. The molecule has 0 saturated carbocycles. The Kier molecular flexibility index (Phi) is 7.63. The molecule has 176 valence electrons. The molecule has 3 aromatic carbocycles. The van der Waals surface area contributed by atoms with Crippen molar-refractivity contribution in [3.63, 3.8) is 0 Å². The Hall–Kier alpha value is -3.18. The van der Waals surface area contributed by atoms with Crippen molar-refractivity contribution in [3.8, 4) is 0 Å². The van der Waals surface area contributed by atoms with Gasteiger partial charge in [0.1, 0.15) is 5.82 Å². The van der Waals surface area contributed by atoms with E-state index in [1.165, 1.54) is 12.1 Å². The predicted molar refractivity (Wildman–Crippen MR) is 132 cm³/mol. The number of carbonyl (C=O) groups is 2. The zero-order valence-electron chi connectivity index (χ0n) is 19.0. The van der Waals surface area contributed by atoms with Crippen molar-refractivity contribution in [3.05, 3.63) is 106 Å². The number of likely N-dealkylation sites (tertiary alicyclic amines) is 1. The molecule has 1 N–H and O–H groups in total. The third kappa shape index (κ3) is 5.65. The van der Waals surface area contributed by atoms with Gasteiger partial charge in [-0.2, -0.15) is 0 Å². The van der Waals surface area contributed by atoms with Crippen LogP contribution in [0.2, 0.25) is 5.02 Å². The Morgan fingerprint density at radius 1 is 0.882 bits per heavy atom. The highest BCUT2D eigenvalue weighted by Crippen LogP contribution is 2.36. The molecule has 4 rings (SSSR count). The van der Waals surface area contributed by atoms with Crippen molar-refractivity contribution >= 4 is 23.4 Å². The molecule has 0 aliphatic carbocycles. The molecule has 6 heteroatoms. The SMILES string of the molecule is O=C(CCc1ccc(F)cc1)N1CCC(C(=O)NCc2ccc(Cl)cc2)(c2ccccc2)CC1. The average Bonchev–Trinajstić information content (AvgIpc) is 2.88. The first-order valence-electron chi connectivity index (χ1n) is 11.6. The Balaban J connectivity index is 1.41. The summed E-state index contributed by atoms with van der Waals surface area (Å²) in [5, 5.41) is 3.77. The van der Waals surface area contributed by atoms with Crippen LogP contribution in [0.15, 0.2) is 78.9 Å². The van der Waals surface area contributed by atoms with Crippen molar-refractivity contribution in [1.82, 2.24) is 10.2 Å². The molecule has 1 aliphatic heterocycles. The first-order valence-corrected chi connectivity index (χ1v) is 11.9. The molecule has 0 atom stereocenters. The van der Waals surface area contributed by atoms with Crippen molar-refractivity contribution < 1.29 is 14.0 Å². The highest BCUT2D eigenvalue weighted by Gasteiger charge is 2.43. The van der Waals surface area contributed by atoms with Gasteiger partial charge in [-0.25, -0.2) is 4.39 Å². The lowest BCUT2D eigenvalue weighted by Gasteiger charge is -2.41. The van der Waals surface area contributed by atoms with Crippen LogP contribution >= 0.6 is 11.6 Å². The van der Waals surface area contributed by atoms with Gasteiger partial charge in [0.15, 0.2) is 0 Å². The molecule has 4 nitrogen and oxygen atoms in total. The minimum absolute atomic E-state index is 0.0212. The number of amides is 2. The van der Waals surface area contributed by atoms with E-state index in [1.54, 1.807) is 12.1 Å². The maximum absolute atomic E-state index is 13.5. The maximum Gasteiger partial charge on any atom is 0.231 e. The van der Waals surface area contributed by atoms with Crippen LogP contribution in [0.4, 0.5) is 4.39 Å². The standard InChI is InChI=1S/C28H28ClFN2O2/c29-24-11-6-22(7-12-24)20-31-27(34)28(23-4-2-1-3-5-23)16-18-32(19-17-28)26(33)15-10-21-8-13-25(30)14-9-21/h1-9,11-14H,10,15-20H2,(H,31,34). The molecule has 0 radical (unpaired) electrons. The van der Waals surface area contributed by atoms with Gasteiger partial charge in [-0.3, -0.25) is 9.59 Å². The number of hydrogen-bond acceptors (Lipinski definition) is 2. The lowest BCUT2D eigenvalue weighted by Crippen LogP contribution is -2.52. The van der Waals surface area contributed by atoms with Gasteiger partial charge in [0.25, 0.3) is 0 Å². The van der Waals surface area contributed by atoms with E-state index in [0.717, 1.165) is 16.7 Å². The summed E-state index contributed by atoms with van der Waals surface area (Å²) in [6.45, 7) is 1.46. The third-order valence-corrected chi connectivity index (χ3v) is 6.89. The third-order valence-electron chi connectivity index (χ3n) is 6.64. The van der Waals surface area contributed by atoms with E-state index in [4.69, 9.17) is 11.6 Å². The largest absolute Gasteiger partial charge is 0.351 e. The minimum Gasteiger partial charge on any atom is -0.351 e. The van der Waals surface area contributed by atoms with Crippen LogP contribution in [0.5, 0.6) is 0 Å². The fourth-order valence-electron chi connectivity index (χ4n) is 4.56. The Morgan fingerprint density at radius 2 is 1.50 bits per heavy atom. The second-order valence-corrected chi connectivity index (χ2v) is 9.20. The maximum atomic E-state index is 13.5. The highest BCUT2D eigenvalue weighted by molar-refractivity contribution is 6.30. The summed E-state index contributed by atoms with van der Waals surface area (Å²) in [5.74, 6) is -0.239. The summed E-state index contributed by atoms with van der Waals surface area (Å²) < 4.78 is 13.1. The van der Waals surface area contributed by atoms with E-state index in [0.29, 0.717) is 50.3 Å². The minimum atomic E-state index is -0.679. The lowest BCUT2D eigenvalue weighted by atomic mass is 9.72. The Labute approximate surface area is 204 Å². The topological polar surface area (TPSA) is 49.4 Å². The van der Waals surface area contributed by atoms with Gasteiger partial charge in [0.05, 0.1) is 5.41 Å². The number of aryl methyl sites for hydroxylation is 1. The van der Waals surface area contributed by atoms with E-state index in [2.05, 4.69) is 5.32 Å². The van der Waals surface area contributed by atoms with Crippen molar-refractivity contribution in [2.45, 2.75) is 37.6 Å². The van der Waals surface area contributed by atoms with Gasteiger partial charge in [0, 0.05) is 31.1 Å². The van der Waals surface area contributed by atoms with Crippen LogP contribution in [0.1, 0.15) is 36.0 Å². The number of nitrogens with zero attached hydrogens (tertiary/aromatic N) is 1. The molecule has 0 aromatic heterocycles. The van der Waals surface area contributed by atoms with Gasteiger partial charge in [0.2, 0.25) is 11.8 Å². The quantitative estimate of drug-likeness (QED) is 0.501. The first kappa shape index (κ1) is 24.0. The number of halogens is 2. The number of rotatable bonds is 7. The highest BCUT2D eigenvalue weighted by atomic mass is 35.5. The molecule has 1 saturated heterocycles. The molecule has 3 aromatic rings. The van der Waals surface area contributed by atoms with E-state index in [1.807, 2.05) is 59.5 Å². The average molecular weight is 479 g/mol. The molecule has 34 heavy (non-hydrogen) atoms. The molecule has 1 aliphatic rings. The molecule has 0 spiro atoms. The number of piperidine rings is 1. The molecule has 1 fully saturated rings. The van der Waals surface area contributed by atoms with Gasteiger partial charge >= 0.3 is 0 Å². The first-order chi connectivity index (χ1) is 16.5. The number of nitrogens with one attached hydrogen (secondary N) is 1. The normalized spacial score (nSPS) is 15.1. The van der Waals surface area contributed by atoms with Gasteiger partial charge in [-0.1, -0.05) is 66.2 Å². The summed E-state index contributed by atoms with van der Waals surface area (Å²) >= 11 is 5.97. The van der Waals surface area contributed by atoms with Crippen LogP contribution in [0, 0.1) is 5.82 Å². The fraction of sp³-hybridized carbons (Fsp3) is 0.286. The van der Waals surface area contributed by atoms with Crippen molar-refractivity contribution in [2.24, 2.45) is 0 Å². The van der Waals surface area contributed by atoms with Crippen molar-refractivity contribution in [1.29, 1.82) is 0 Å². The van der Waals surface area contributed by atoms with Gasteiger partial charge in [-0.15, -0.1) is 0 Å². The molecule has 0 unspecified atom stereocenters. The van der Waals surface area contributed by atoms with Crippen molar-refractivity contribution in [2.75, 3.05) is 13.1 Å². The molecule has 0 bridgehead atoms. The molecule has 2 amide bonds. The zero-order valence-corrected chi connectivity index (χ0v) is 19.7. The second kappa shape index (κ2) is 10.8. The summed E-state index contributed by atoms with van der Waals surface area (Å²) in [5.41, 5.74) is 2.21. The fourth-order valence-corrected chi connectivity index (χ4v) is 4.68. The summed E-state index contributed by atoms with van der Waals surface area (Å²) in [6, 6.07) is 23.5. The monoisotopic (exact) mass is 478 g/mol. The van der Waals surface area contributed by atoms with E-state index < -0.39 is 5.41 Å². The van der Waals surface area contributed by atoms with E-state index in [-0.39, 0.29) is 17.6 Å². The number of benzene rings is 3. The van der Waals surface area contributed by atoms with Crippen LogP contribution in [-0.4, -0.2) is 29.8 Å². The number of carbonyl (C=O) groups excluding carboxylic acids is 2. The summed E-state index contributed by atoms with van der Waals surface area (Å²) in [7, 11) is 0. The van der Waals surface area contributed by atoms with E-state index in [9.17, 15) is 14.0 Å². The van der Waals surface area contributed by atoms with Crippen LogP contribution in [0.3, 0.4) is 0 Å². The number of hydrogen-bond donors (Lipinski definition) is 1.